The van der Waals surface area contributed by atoms with Crippen LogP contribution in [0.15, 0.2) is 28.4 Å². The van der Waals surface area contributed by atoms with Gasteiger partial charge in [0.05, 0.1) is 5.69 Å². The molecule has 0 atom stereocenters. The molecule has 26 heavy (non-hydrogen) atoms. The summed E-state index contributed by atoms with van der Waals surface area (Å²) in [5, 5.41) is 6.51. The van der Waals surface area contributed by atoms with Gasteiger partial charge in [-0.2, -0.15) is 0 Å². The third-order valence-corrected chi connectivity index (χ3v) is 4.04. The molecular weight excluding hydrogens is 361 g/mol. The van der Waals surface area contributed by atoms with E-state index in [9.17, 15) is 18.8 Å². The van der Waals surface area contributed by atoms with E-state index in [1.807, 2.05) is 0 Å². The van der Waals surface area contributed by atoms with Gasteiger partial charge in [-0.25, -0.2) is 9.18 Å². The molecule has 0 fully saturated rings. The molecular formula is C17H20FN3O4S. The van der Waals surface area contributed by atoms with Crippen LogP contribution in [0.4, 0.5) is 20.6 Å². The number of aryl methyl sites for hydroxylation is 1. The van der Waals surface area contributed by atoms with Gasteiger partial charge in [0.1, 0.15) is 18.0 Å². The van der Waals surface area contributed by atoms with E-state index >= 15 is 0 Å². The summed E-state index contributed by atoms with van der Waals surface area (Å²) in [7, 11) is 0. The van der Waals surface area contributed by atoms with Crippen molar-refractivity contribution < 1.29 is 18.7 Å². The van der Waals surface area contributed by atoms with Crippen molar-refractivity contribution in [2.45, 2.75) is 39.8 Å². The van der Waals surface area contributed by atoms with Crippen molar-refractivity contribution in [2.24, 2.45) is 0 Å². The zero-order valence-corrected chi connectivity index (χ0v) is 15.7. The Morgan fingerprint density at radius 1 is 1.27 bits per heavy atom. The van der Waals surface area contributed by atoms with Gasteiger partial charge in [0.2, 0.25) is 5.91 Å². The van der Waals surface area contributed by atoms with Gasteiger partial charge in [-0.05, 0) is 45.9 Å². The minimum atomic E-state index is -0.693. The highest BCUT2D eigenvalue weighted by Gasteiger charge is 2.17. The molecule has 0 unspecified atom stereocenters. The Labute approximate surface area is 153 Å². The van der Waals surface area contributed by atoms with E-state index < -0.39 is 23.4 Å². The Balaban J connectivity index is 2.08. The number of halogens is 1. The third-order valence-electron chi connectivity index (χ3n) is 3.16. The molecule has 2 amide bonds. The molecule has 2 N–H and O–H groups in total. The van der Waals surface area contributed by atoms with E-state index in [2.05, 4.69) is 10.6 Å². The molecule has 0 saturated heterocycles. The van der Waals surface area contributed by atoms with Crippen LogP contribution in [0.2, 0.25) is 0 Å². The molecule has 1 aromatic heterocycles. The Bertz CT molecular complexity index is 883. The number of rotatable bonds is 4. The number of carbonyl (C=O) groups excluding carboxylic acids is 2. The molecule has 0 aliphatic rings. The average molecular weight is 381 g/mol. The van der Waals surface area contributed by atoms with Crippen molar-refractivity contribution >= 4 is 34.7 Å². The van der Waals surface area contributed by atoms with Gasteiger partial charge < -0.3 is 10.1 Å². The van der Waals surface area contributed by atoms with E-state index in [-0.39, 0.29) is 22.8 Å². The van der Waals surface area contributed by atoms with Crippen molar-refractivity contribution in [3.8, 4) is 0 Å². The van der Waals surface area contributed by atoms with Crippen LogP contribution in [0.25, 0.3) is 0 Å². The van der Waals surface area contributed by atoms with Crippen LogP contribution >= 0.6 is 11.3 Å². The lowest BCUT2D eigenvalue weighted by Crippen LogP contribution is -2.27. The van der Waals surface area contributed by atoms with Gasteiger partial charge in [0.25, 0.3) is 0 Å². The van der Waals surface area contributed by atoms with Crippen LogP contribution in [-0.2, 0) is 16.1 Å². The fourth-order valence-corrected chi connectivity index (χ4v) is 2.78. The van der Waals surface area contributed by atoms with Crippen LogP contribution in [-0.4, -0.2) is 22.2 Å². The van der Waals surface area contributed by atoms with Crippen LogP contribution in [0.5, 0.6) is 0 Å². The fraction of sp³-hybridized carbons (Fsp3) is 0.353. The lowest BCUT2D eigenvalue weighted by molar-refractivity contribution is -0.116. The zero-order chi connectivity index (χ0) is 19.5. The zero-order valence-electron chi connectivity index (χ0n) is 14.9. The normalized spacial score (nSPS) is 11.1. The van der Waals surface area contributed by atoms with E-state index in [1.165, 1.54) is 16.7 Å². The van der Waals surface area contributed by atoms with Crippen LogP contribution in [0.1, 0.15) is 26.5 Å². The average Bonchev–Trinajstić information content (AvgIpc) is 2.80. The molecule has 140 valence electrons. The number of anilines is 2. The minimum Gasteiger partial charge on any atom is -0.444 e. The number of nitrogens with zero attached hydrogens (tertiary/aromatic N) is 1. The van der Waals surface area contributed by atoms with Crippen LogP contribution < -0.4 is 15.5 Å². The molecule has 1 heterocycles. The van der Waals surface area contributed by atoms with E-state index in [0.717, 1.165) is 17.4 Å². The summed E-state index contributed by atoms with van der Waals surface area (Å²) >= 11 is 0.988. The molecule has 0 aliphatic heterocycles. The number of hydrogen-bond donors (Lipinski definition) is 2. The monoisotopic (exact) mass is 381 g/mol. The summed E-state index contributed by atoms with van der Waals surface area (Å²) in [5.41, 5.74) is 0.132. The first-order chi connectivity index (χ1) is 12.0. The van der Waals surface area contributed by atoms with Gasteiger partial charge in [-0.3, -0.25) is 19.5 Å². The first-order valence-corrected chi connectivity index (χ1v) is 8.67. The highest BCUT2D eigenvalue weighted by Crippen LogP contribution is 2.20. The maximum absolute atomic E-state index is 14.0. The maximum atomic E-state index is 14.0. The van der Waals surface area contributed by atoms with Gasteiger partial charge in [-0.15, -0.1) is 0 Å². The Morgan fingerprint density at radius 3 is 2.54 bits per heavy atom. The molecule has 2 rings (SSSR count). The predicted octanol–water partition coefficient (Wildman–Crippen LogP) is 3.34. The second-order valence-corrected chi connectivity index (χ2v) is 7.42. The lowest BCUT2D eigenvalue weighted by atomic mass is 10.2. The highest BCUT2D eigenvalue weighted by atomic mass is 32.1. The summed E-state index contributed by atoms with van der Waals surface area (Å²) in [6.07, 6.45) is -0.693. The second-order valence-electron chi connectivity index (χ2n) is 6.60. The largest absolute Gasteiger partial charge is 0.444 e. The van der Waals surface area contributed by atoms with Gasteiger partial charge in [0.15, 0.2) is 0 Å². The predicted molar refractivity (Wildman–Crippen MR) is 98.2 cm³/mol. The first-order valence-electron chi connectivity index (χ1n) is 7.79. The van der Waals surface area contributed by atoms with Crippen molar-refractivity contribution in [1.29, 1.82) is 0 Å². The number of amides is 2. The van der Waals surface area contributed by atoms with Crippen molar-refractivity contribution in [1.82, 2.24) is 4.57 Å². The first kappa shape index (κ1) is 19.6. The molecule has 1 aromatic carbocycles. The molecule has 0 aliphatic carbocycles. The standard InChI is InChI=1S/C17H20FN3O4S/c1-10-9-26-16(24)21(10)8-14(22)20-13-7-11(5-6-12(13)18)19-15(23)25-17(2,3)4/h5-7,9H,8H2,1-4H3,(H,19,23)(H,20,22). The Hall–Kier alpha value is -2.68. The molecule has 7 nitrogen and oxygen atoms in total. The molecule has 9 heteroatoms. The maximum Gasteiger partial charge on any atom is 0.412 e. The number of benzene rings is 1. The quantitative estimate of drug-likeness (QED) is 0.850. The SMILES string of the molecule is Cc1csc(=O)n1CC(=O)Nc1cc(NC(=O)OC(C)(C)C)ccc1F. The lowest BCUT2D eigenvalue weighted by Gasteiger charge is -2.20. The topological polar surface area (TPSA) is 89.4 Å². The third kappa shape index (κ3) is 5.41. The van der Waals surface area contributed by atoms with E-state index in [4.69, 9.17) is 4.74 Å². The van der Waals surface area contributed by atoms with E-state index in [1.54, 1.807) is 33.1 Å². The number of hydrogen-bond acceptors (Lipinski definition) is 5. The minimum absolute atomic E-state index is 0.107. The highest BCUT2D eigenvalue weighted by molar-refractivity contribution is 7.07. The summed E-state index contributed by atoms with van der Waals surface area (Å²) < 4.78 is 20.4. The van der Waals surface area contributed by atoms with E-state index in [0.29, 0.717) is 5.69 Å². The summed E-state index contributed by atoms with van der Waals surface area (Å²) in [4.78, 5) is 35.3. The number of thiazole rings is 1. The van der Waals surface area contributed by atoms with Crippen molar-refractivity contribution in [3.63, 3.8) is 0 Å². The van der Waals surface area contributed by atoms with Gasteiger partial charge in [-0.1, -0.05) is 11.3 Å². The van der Waals surface area contributed by atoms with Crippen LogP contribution in [0.3, 0.4) is 0 Å². The fourth-order valence-electron chi connectivity index (χ4n) is 2.05. The van der Waals surface area contributed by atoms with Crippen molar-refractivity contribution in [3.05, 3.63) is 44.8 Å². The molecule has 0 saturated carbocycles. The number of ether oxygens (including phenoxy) is 1. The number of carbonyl (C=O) groups is 2. The molecule has 0 bridgehead atoms. The summed E-state index contributed by atoms with van der Waals surface area (Å²) in [6.45, 7) is 6.64. The van der Waals surface area contributed by atoms with Crippen LogP contribution in [0, 0.1) is 12.7 Å². The summed E-state index contributed by atoms with van der Waals surface area (Å²) in [5.74, 6) is -1.22. The number of nitrogens with one attached hydrogen (secondary N) is 2. The molecule has 2 aromatic rings. The van der Waals surface area contributed by atoms with Gasteiger partial charge >= 0.3 is 11.0 Å². The molecule has 0 spiro atoms. The number of aromatic nitrogens is 1. The van der Waals surface area contributed by atoms with Crippen molar-refractivity contribution in [2.75, 3.05) is 10.6 Å². The summed E-state index contributed by atoms with van der Waals surface area (Å²) in [6, 6.07) is 3.74. The Morgan fingerprint density at radius 2 is 1.96 bits per heavy atom. The Kier molecular flexibility index (Phi) is 5.81. The van der Waals surface area contributed by atoms with Gasteiger partial charge in [0, 0.05) is 16.8 Å². The molecule has 0 radical (unpaired) electrons. The smallest absolute Gasteiger partial charge is 0.412 e. The second kappa shape index (κ2) is 7.69.